The highest BCUT2D eigenvalue weighted by Crippen LogP contribution is 2.28. The lowest BCUT2D eigenvalue weighted by atomic mass is 10.2. The number of aryl methyl sites for hydroxylation is 1. The van der Waals surface area contributed by atoms with Crippen molar-refractivity contribution < 1.29 is 14.6 Å². The molecule has 1 N–H and O–H groups in total. The standard InChI is InChI=1S/C12H10ClN5O5/c1-6-11(18(22)23)10(15-16(6)2)12(19)14-9-5-7(17(20)21)3-4-8(9)13/h3-5H,1-2H3,(H,14,19). The summed E-state index contributed by atoms with van der Waals surface area (Å²) in [5, 5.41) is 28.0. The Kier molecular flexibility index (Phi) is 4.27. The number of carbonyl (C=O) groups excluding carboxylic acids is 1. The van der Waals surface area contributed by atoms with E-state index in [4.69, 9.17) is 11.6 Å². The van der Waals surface area contributed by atoms with Crippen molar-refractivity contribution in [3.05, 3.63) is 54.8 Å². The predicted octanol–water partition coefficient (Wildman–Crippen LogP) is 2.45. The number of nitro benzene ring substituents is 1. The van der Waals surface area contributed by atoms with Crippen LogP contribution in [0.2, 0.25) is 5.02 Å². The summed E-state index contributed by atoms with van der Waals surface area (Å²) in [6.45, 7) is 1.45. The molecule has 1 aromatic carbocycles. The Balaban J connectivity index is 2.41. The average Bonchev–Trinajstić information content (AvgIpc) is 2.77. The zero-order valence-corrected chi connectivity index (χ0v) is 12.7. The summed E-state index contributed by atoms with van der Waals surface area (Å²) in [5.41, 5.74) is -0.964. The van der Waals surface area contributed by atoms with Gasteiger partial charge in [0, 0.05) is 19.2 Å². The molecule has 0 spiro atoms. The molecule has 10 nitrogen and oxygen atoms in total. The Hall–Kier alpha value is -3.01. The molecule has 2 rings (SSSR count). The number of hydrogen-bond acceptors (Lipinski definition) is 6. The van der Waals surface area contributed by atoms with Crippen LogP contribution in [0, 0.1) is 27.2 Å². The second kappa shape index (κ2) is 6.01. The highest BCUT2D eigenvalue weighted by Gasteiger charge is 2.29. The van der Waals surface area contributed by atoms with Crippen molar-refractivity contribution >= 4 is 34.6 Å². The first-order chi connectivity index (χ1) is 10.7. The van der Waals surface area contributed by atoms with Crippen molar-refractivity contribution in [1.29, 1.82) is 0 Å². The Labute approximate surface area is 134 Å². The fourth-order valence-electron chi connectivity index (χ4n) is 1.87. The lowest BCUT2D eigenvalue weighted by Crippen LogP contribution is -2.15. The summed E-state index contributed by atoms with van der Waals surface area (Å²) in [6, 6.07) is 3.47. The molecule has 2 aromatic rings. The lowest BCUT2D eigenvalue weighted by Gasteiger charge is -2.05. The van der Waals surface area contributed by atoms with Crippen molar-refractivity contribution in [3.8, 4) is 0 Å². The quantitative estimate of drug-likeness (QED) is 0.671. The first kappa shape index (κ1) is 16.4. The lowest BCUT2D eigenvalue weighted by molar-refractivity contribution is -0.385. The maximum absolute atomic E-state index is 12.2. The number of halogens is 1. The normalized spacial score (nSPS) is 10.4. The summed E-state index contributed by atoms with van der Waals surface area (Å²) < 4.78 is 1.20. The van der Waals surface area contributed by atoms with Crippen LogP contribution < -0.4 is 5.32 Å². The molecule has 0 aliphatic heterocycles. The number of carbonyl (C=O) groups is 1. The molecule has 0 saturated carbocycles. The fraction of sp³-hybridized carbons (Fsp3) is 0.167. The topological polar surface area (TPSA) is 133 Å². The van der Waals surface area contributed by atoms with Crippen LogP contribution in [0.1, 0.15) is 16.2 Å². The van der Waals surface area contributed by atoms with E-state index in [-0.39, 0.29) is 22.1 Å². The molecule has 0 saturated heterocycles. The van der Waals surface area contributed by atoms with Crippen LogP contribution in [0.3, 0.4) is 0 Å². The van der Waals surface area contributed by atoms with Crippen LogP contribution in [-0.4, -0.2) is 25.5 Å². The average molecular weight is 340 g/mol. The molecule has 0 atom stereocenters. The van der Waals surface area contributed by atoms with E-state index in [1.54, 1.807) is 0 Å². The van der Waals surface area contributed by atoms with Crippen molar-refractivity contribution in [3.63, 3.8) is 0 Å². The van der Waals surface area contributed by atoms with Crippen LogP contribution in [0.5, 0.6) is 0 Å². The van der Waals surface area contributed by atoms with Gasteiger partial charge >= 0.3 is 5.69 Å². The number of amides is 1. The van der Waals surface area contributed by atoms with Crippen LogP contribution in [0.25, 0.3) is 0 Å². The number of anilines is 1. The van der Waals surface area contributed by atoms with Gasteiger partial charge in [-0.2, -0.15) is 5.10 Å². The summed E-state index contributed by atoms with van der Waals surface area (Å²) >= 11 is 5.87. The molecule has 0 unspecified atom stereocenters. The molecule has 1 amide bonds. The molecule has 1 aromatic heterocycles. The van der Waals surface area contributed by atoms with E-state index in [9.17, 15) is 25.0 Å². The number of hydrogen-bond donors (Lipinski definition) is 1. The Morgan fingerprint density at radius 1 is 1.30 bits per heavy atom. The van der Waals surface area contributed by atoms with Gasteiger partial charge in [0.1, 0.15) is 5.69 Å². The Morgan fingerprint density at radius 2 is 1.96 bits per heavy atom. The molecular weight excluding hydrogens is 330 g/mol. The molecule has 0 fully saturated rings. The zero-order valence-electron chi connectivity index (χ0n) is 11.9. The minimum Gasteiger partial charge on any atom is -0.319 e. The number of aromatic nitrogens is 2. The number of benzene rings is 1. The minimum atomic E-state index is -0.886. The molecular formula is C12H10ClN5O5. The maximum atomic E-state index is 12.2. The SMILES string of the molecule is Cc1c([N+](=O)[O-])c(C(=O)Nc2cc([N+](=O)[O-])ccc2Cl)nn1C. The molecule has 0 aliphatic rings. The first-order valence-corrected chi connectivity index (χ1v) is 6.53. The van der Waals surface area contributed by atoms with Gasteiger partial charge in [0.15, 0.2) is 0 Å². The van der Waals surface area contributed by atoms with E-state index in [1.807, 2.05) is 0 Å². The predicted molar refractivity (Wildman–Crippen MR) is 80.7 cm³/mol. The second-order valence-electron chi connectivity index (χ2n) is 4.54. The van der Waals surface area contributed by atoms with Crippen LogP contribution >= 0.6 is 11.6 Å². The first-order valence-electron chi connectivity index (χ1n) is 6.15. The van der Waals surface area contributed by atoms with E-state index in [0.29, 0.717) is 0 Å². The van der Waals surface area contributed by atoms with Gasteiger partial charge in [-0.15, -0.1) is 0 Å². The van der Waals surface area contributed by atoms with E-state index in [1.165, 1.54) is 30.8 Å². The highest BCUT2D eigenvalue weighted by atomic mass is 35.5. The highest BCUT2D eigenvalue weighted by molar-refractivity contribution is 6.34. The van der Waals surface area contributed by atoms with Crippen molar-refractivity contribution in [2.75, 3.05) is 5.32 Å². The van der Waals surface area contributed by atoms with Gasteiger partial charge in [-0.3, -0.25) is 29.7 Å². The Bertz CT molecular complexity index is 831. The molecule has 0 bridgehead atoms. The minimum absolute atomic E-state index is 0.0385. The molecule has 1 heterocycles. The summed E-state index contributed by atoms with van der Waals surface area (Å²) in [7, 11) is 1.46. The van der Waals surface area contributed by atoms with E-state index < -0.39 is 27.1 Å². The van der Waals surface area contributed by atoms with Crippen molar-refractivity contribution in [2.24, 2.45) is 7.05 Å². The number of rotatable bonds is 4. The largest absolute Gasteiger partial charge is 0.322 e. The number of nitrogens with one attached hydrogen (secondary N) is 1. The van der Waals surface area contributed by atoms with Crippen molar-refractivity contribution in [1.82, 2.24) is 9.78 Å². The number of non-ortho nitro benzene ring substituents is 1. The van der Waals surface area contributed by atoms with E-state index in [2.05, 4.69) is 10.4 Å². The van der Waals surface area contributed by atoms with Gasteiger partial charge in [-0.1, -0.05) is 11.6 Å². The zero-order chi connectivity index (χ0) is 17.3. The van der Waals surface area contributed by atoms with Crippen LogP contribution in [-0.2, 0) is 7.05 Å². The summed E-state index contributed by atoms with van der Waals surface area (Å²) in [4.78, 5) is 32.7. The van der Waals surface area contributed by atoms with Gasteiger partial charge in [-0.05, 0) is 13.0 Å². The summed E-state index contributed by atoms with van der Waals surface area (Å²) in [5.74, 6) is -0.886. The van der Waals surface area contributed by atoms with Gasteiger partial charge in [-0.25, -0.2) is 0 Å². The van der Waals surface area contributed by atoms with Gasteiger partial charge < -0.3 is 5.32 Å². The van der Waals surface area contributed by atoms with E-state index in [0.717, 1.165) is 6.07 Å². The molecule has 120 valence electrons. The van der Waals surface area contributed by atoms with Gasteiger partial charge in [0.25, 0.3) is 11.6 Å². The maximum Gasteiger partial charge on any atom is 0.322 e. The van der Waals surface area contributed by atoms with Crippen molar-refractivity contribution in [2.45, 2.75) is 6.92 Å². The van der Waals surface area contributed by atoms with Gasteiger partial charge in [0.05, 0.1) is 20.6 Å². The summed E-state index contributed by atoms with van der Waals surface area (Å²) in [6.07, 6.45) is 0. The molecule has 23 heavy (non-hydrogen) atoms. The third kappa shape index (κ3) is 3.11. The fourth-order valence-corrected chi connectivity index (χ4v) is 2.04. The van der Waals surface area contributed by atoms with E-state index >= 15 is 0 Å². The van der Waals surface area contributed by atoms with Gasteiger partial charge in [0.2, 0.25) is 5.69 Å². The smallest absolute Gasteiger partial charge is 0.319 e. The number of nitrogens with zero attached hydrogens (tertiary/aromatic N) is 4. The van der Waals surface area contributed by atoms with Crippen LogP contribution in [0.15, 0.2) is 18.2 Å². The second-order valence-corrected chi connectivity index (χ2v) is 4.95. The molecule has 0 aliphatic carbocycles. The third-order valence-electron chi connectivity index (χ3n) is 3.11. The number of nitro groups is 2. The monoisotopic (exact) mass is 339 g/mol. The Morgan fingerprint density at radius 3 is 2.52 bits per heavy atom. The third-order valence-corrected chi connectivity index (χ3v) is 3.44. The molecule has 11 heteroatoms. The molecule has 0 radical (unpaired) electrons. The van der Waals surface area contributed by atoms with Crippen LogP contribution in [0.4, 0.5) is 17.1 Å².